The molecule has 0 atom stereocenters. The molecule has 0 fully saturated rings. The van der Waals surface area contributed by atoms with Crippen LogP contribution in [-0.2, 0) is 30.2 Å². The number of nitrogens with one attached hydrogen (secondary N) is 1. The Balaban J connectivity index is 1.85. The molecule has 0 radical (unpaired) electrons. The van der Waals surface area contributed by atoms with Crippen LogP contribution in [0.25, 0.3) is 0 Å². The van der Waals surface area contributed by atoms with Crippen LogP contribution in [0.3, 0.4) is 0 Å². The van der Waals surface area contributed by atoms with Crippen molar-refractivity contribution in [2.75, 3.05) is 0 Å². The first-order chi connectivity index (χ1) is 11.3. The molecule has 2 rings (SSSR count). The molecule has 0 aliphatic rings. The molecule has 1 aromatic heterocycles. The van der Waals surface area contributed by atoms with E-state index in [1.54, 1.807) is 25.4 Å². The molecule has 4 heteroatoms. The maximum atomic E-state index is 12.0. The van der Waals surface area contributed by atoms with Crippen LogP contribution >= 0.6 is 0 Å². The lowest BCUT2D eigenvalue weighted by atomic mass is 9.86. The Hall–Kier alpha value is -2.36. The number of carbonyl (C=O) groups is 1. The van der Waals surface area contributed by atoms with Crippen molar-refractivity contribution in [3.8, 4) is 0 Å². The zero-order chi connectivity index (χ0) is 17.7. The van der Waals surface area contributed by atoms with E-state index in [4.69, 9.17) is 0 Å². The summed E-state index contributed by atoms with van der Waals surface area (Å²) < 4.78 is 1.51. The topological polar surface area (TPSA) is 51.1 Å². The number of pyridine rings is 1. The number of hydrogen-bond donors (Lipinski definition) is 1. The van der Waals surface area contributed by atoms with Gasteiger partial charge in [0, 0.05) is 31.8 Å². The van der Waals surface area contributed by atoms with Crippen molar-refractivity contribution >= 4 is 5.91 Å². The second-order valence-electron chi connectivity index (χ2n) is 7.17. The van der Waals surface area contributed by atoms with E-state index in [-0.39, 0.29) is 23.4 Å². The van der Waals surface area contributed by atoms with Crippen LogP contribution in [0.4, 0.5) is 0 Å². The number of rotatable bonds is 5. The number of benzene rings is 1. The second-order valence-corrected chi connectivity index (χ2v) is 7.17. The molecule has 0 saturated heterocycles. The molecule has 0 bridgehead atoms. The fourth-order valence-corrected chi connectivity index (χ4v) is 2.50. The predicted octanol–water partition coefficient (Wildman–Crippen LogP) is 2.93. The van der Waals surface area contributed by atoms with Gasteiger partial charge in [-0.3, -0.25) is 9.59 Å². The van der Waals surface area contributed by atoms with E-state index in [1.807, 2.05) is 0 Å². The Morgan fingerprint density at radius 2 is 1.79 bits per heavy atom. The van der Waals surface area contributed by atoms with Gasteiger partial charge in [0.05, 0.1) is 0 Å². The van der Waals surface area contributed by atoms with Crippen molar-refractivity contribution in [2.45, 2.75) is 45.6 Å². The van der Waals surface area contributed by atoms with E-state index >= 15 is 0 Å². The van der Waals surface area contributed by atoms with E-state index in [0.717, 1.165) is 5.56 Å². The lowest BCUT2D eigenvalue weighted by Crippen LogP contribution is -2.28. The highest BCUT2D eigenvalue weighted by molar-refractivity contribution is 5.76. The summed E-state index contributed by atoms with van der Waals surface area (Å²) in [5.74, 6) is -0.0409. The number of nitrogens with zero attached hydrogens (tertiary/aromatic N) is 1. The minimum absolute atomic E-state index is 0.0409. The van der Waals surface area contributed by atoms with Gasteiger partial charge in [-0.2, -0.15) is 0 Å². The van der Waals surface area contributed by atoms with E-state index in [1.165, 1.54) is 10.1 Å². The van der Waals surface area contributed by atoms with Crippen molar-refractivity contribution in [3.05, 3.63) is 69.6 Å². The molecule has 0 aliphatic heterocycles. The summed E-state index contributed by atoms with van der Waals surface area (Å²) >= 11 is 0. The van der Waals surface area contributed by atoms with E-state index < -0.39 is 0 Å². The summed E-state index contributed by atoms with van der Waals surface area (Å²) in [5.41, 5.74) is 3.10. The van der Waals surface area contributed by atoms with Gasteiger partial charge in [-0.1, -0.05) is 51.1 Å². The zero-order valence-corrected chi connectivity index (χ0v) is 14.9. The normalized spacial score (nSPS) is 11.3. The van der Waals surface area contributed by atoms with Crippen molar-refractivity contribution in [1.29, 1.82) is 0 Å². The smallest absolute Gasteiger partial charge is 0.255 e. The maximum Gasteiger partial charge on any atom is 0.255 e. The minimum Gasteiger partial charge on any atom is -0.352 e. The monoisotopic (exact) mass is 326 g/mol. The summed E-state index contributed by atoms with van der Waals surface area (Å²) in [7, 11) is 1.70. The first kappa shape index (κ1) is 18.0. The fourth-order valence-electron chi connectivity index (χ4n) is 2.50. The van der Waals surface area contributed by atoms with Crippen molar-refractivity contribution in [1.82, 2.24) is 9.88 Å². The van der Waals surface area contributed by atoms with Gasteiger partial charge in [0.1, 0.15) is 0 Å². The average molecular weight is 326 g/mol. The first-order valence-corrected chi connectivity index (χ1v) is 8.28. The minimum atomic E-state index is -0.0735. The van der Waals surface area contributed by atoms with Gasteiger partial charge in [-0.25, -0.2) is 0 Å². The Morgan fingerprint density at radius 1 is 1.12 bits per heavy atom. The molecule has 0 spiro atoms. The zero-order valence-electron chi connectivity index (χ0n) is 14.9. The maximum absolute atomic E-state index is 12.0. The third kappa shape index (κ3) is 4.82. The van der Waals surface area contributed by atoms with Gasteiger partial charge in [0.15, 0.2) is 0 Å². The lowest BCUT2D eigenvalue weighted by Gasteiger charge is -2.19. The molecule has 1 amide bonds. The molecule has 0 saturated carbocycles. The van der Waals surface area contributed by atoms with Crippen molar-refractivity contribution in [3.63, 3.8) is 0 Å². The molecular formula is C20H26N2O2. The first-order valence-electron chi connectivity index (χ1n) is 8.28. The van der Waals surface area contributed by atoms with Crippen LogP contribution in [0.5, 0.6) is 0 Å². The van der Waals surface area contributed by atoms with Crippen LogP contribution in [0.1, 0.15) is 43.9 Å². The van der Waals surface area contributed by atoms with Crippen LogP contribution in [0.2, 0.25) is 0 Å². The van der Waals surface area contributed by atoms with Crippen LogP contribution in [-0.4, -0.2) is 10.5 Å². The molecule has 2 aromatic rings. The Kier molecular flexibility index (Phi) is 5.60. The quantitative estimate of drug-likeness (QED) is 0.918. The summed E-state index contributed by atoms with van der Waals surface area (Å²) in [6.07, 6.45) is 2.82. The van der Waals surface area contributed by atoms with Gasteiger partial charge in [0.2, 0.25) is 5.91 Å². The molecule has 128 valence electrons. The Bertz CT molecular complexity index is 752. The van der Waals surface area contributed by atoms with Gasteiger partial charge in [-0.05, 0) is 29.0 Å². The number of aromatic nitrogens is 1. The molecular weight excluding hydrogens is 300 g/mol. The number of aryl methyl sites for hydroxylation is 2. The van der Waals surface area contributed by atoms with Gasteiger partial charge >= 0.3 is 0 Å². The molecule has 0 aliphatic carbocycles. The SMILES string of the molecule is Cn1cccc(CNC(=O)CCc2ccc(C(C)(C)C)cc2)c1=O. The van der Waals surface area contributed by atoms with Crippen molar-refractivity contribution in [2.24, 2.45) is 7.05 Å². The second kappa shape index (κ2) is 7.47. The fraction of sp³-hybridized carbons (Fsp3) is 0.400. The summed E-state index contributed by atoms with van der Waals surface area (Å²) in [4.78, 5) is 23.9. The average Bonchev–Trinajstić information content (AvgIpc) is 2.54. The number of hydrogen-bond acceptors (Lipinski definition) is 2. The van der Waals surface area contributed by atoms with Crippen LogP contribution < -0.4 is 10.9 Å². The molecule has 1 aromatic carbocycles. The predicted molar refractivity (Wildman–Crippen MR) is 97.0 cm³/mol. The third-order valence-corrected chi connectivity index (χ3v) is 4.14. The highest BCUT2D eigenvalue weighted by atomic mass is 16.1. The largest absolute Gasteiger partial charge is 0.352 e. The third-order valence-electron chi connectivity index (χ3n) is 4.14. The van der Waals surface area contributed by atoms with Gasteiger partial charge in [-0.15, -0.1) is 0 Å². The molecule has 4 nitrogen and oxygen atoms in total. The molecule has 24 heavy (non-hydrogen) atoms. The standard InChI is InChI=1S/C20H26N2O2/c1-20(2,3)17-10-7-15(8-11-17)9-12-18(23)21-14-16-6-5-13-22(4)19(16)24/h5-8,10-11,13H,9,12,14H2,1-4H3,(H,21,23). The van der Waals surface area contributed by atoms with Gasteiger partial charge in [0.25, 0.3) is 5.56 Å². The highest BCUT2D eigenvalue weighted by Crippen LogP contribution is 2.22. The van der Waals surface area contributed by atoms with Crippen LogP contribution in [0, 0.1) is 0 Å². The molecule has 1 N–H and O–H groups in total. The van der Waals surface area contributed by atoms with E-state index in [9.17, 15) is 9.59 Å². The Morgan fingerprint density at radius 3 is 2.42 bits per heavy atom. The summed E-state index contributed by atoms with van der Waals surface area (Å²) in [5, 5.41) is 2.82. The van der Waals surface area contributed by atoms with E-state index in [2.05, 4.69) is 50.4 Å². The highest BCUT2D eigenvalue weighted by Gasteiger charge is 2.13. The lowest BCUT2D eigenvalue weighted by molar-refractivity contribution is -0.121. The summed E-state index contributed by atoms with van der Waals surface area (Å²) in [6.45, 7) is 6.82. The molecule has 1 heterocycles. The van der Waals surface area contributed by atoms with Gasteiger partial charge < -0.3 is 9.88 Å². The number of carbonyl (C=O) groups excluding carboxylic acids is 1. The van der Waals surface area contributed by atoms with E-state index in [0.29, 0.717) is 18.4 Å². The Labute approximate surface area is 143 Å². The summed E-state index contributed by atoms with van der Waals surface area (Å²) in [6, 6.07) is 12.0. The molecule has 0 unspecified atom stereocenters. The van der Waals surface area contributed by atoms with Crippen molar-refractivity contribution < 1.29 is 4.79 Å². The van der Waals surface area contributed by atoms with Crippen LogP contribution in [0.15, 0.2) is 47.4 Å². The number of amides is 1.